The normalized spacial score (nSPS) is 10.9. The number of anilines is 1. The van der Waals surface area contributed by atoms with Crippen LogP contribution in [0.2, 0.25) is 0 Å². The number of rotatable bonds is 3. The number of hydrogen-bond donors (Lipinski definition) is 1. The Morgan fingerprint density at radius 1 is 1.00 bits per heavy atom. The monoisotopic (exact) mass is 254 g/mol. The fourth-order valence-corrected chi connectivity index (χ4v) is 3.16. The highest BCUT2D eigenvalue weighted by Gasteiger charge is 2.05. The van der Waals surface area contributed by atoms with Gasteiger partial charge in [-0.05, 0) is 46.9 Å². The average Bonchev–Trinajstić information content (AvgIpc) is 2.81. The van der Waals surface area contributed by atoms with Crippen molar-refractivity contribution in [1.29, 1.82) is 0 Å². The SMILES string of the molecule is Nc1ncccc1CCc1csc2ccccc12. The molecule has 0 aliphatic heterocycles. The van der Waals surface area contributed by atoms with Gasteiger partial charge in [-0.15, -0.1) is 11.3 Å². The van der Waals surface area contributed by atoms with Gasteiger partial charge in [0.15, 0.2) is 0 Å². The van der Waals surface area contributed by atoms with Crippen LogP contribution in [0.15, 0.2) is 48.0 Å². The zero-order valence-electron chi connectivity index (χ0n) is 9.97. The molecule has 1 aromatic carbocycles. The molecule has 3 heteroatoms. The summed E-state index contributed by atoms with van der Waals surface area (Å²) >= 11 is 1.81. The maximum Gasteiger partial charge on any atom is 0.126 e. The molecular weight excluding hydrogens is 240 g/mol. The first-order valence-corrected chi connectivity index (χ1v) is 6.87. The van der Waals surface area contributed by atoms with Crippen molar-refractivity contribution in [2.24, 2.45) is 0 Å². The number of nitrogen functional groups attached to an aromatic ring is 1. The van der Waals surface area contributed by atoms with Crippen molar-refractivity contribution in [3.63, 3.8) is 0 Å². The molecule has 2 nitrogen and oxygen atoms in total. The van der Waals surface area contributed by atoms with E-state index in [0.29, 0.717) is 5.82 Å². The molecule has 2 N–H and O–H groups in total. The number of thiophene rings is 1. The van der Waals surface area contributed by atoms with Crippen molar-refractivity contribution in [2.45, 2.75) is 12.8 Å². The molecule has 0 aliphatic carbocycles. The van der Waals surface area contributed by atoms with Crippen LogP contribution in [0, 0.1) is 0 Å². The molecule has 2 heterocycles. The van der Waals surface area contributed by atoms with Gasteiger partial charge in [0.2, 0.25) is 0 Å². The number of aromatic nitrogens is 1. The molecule has 0 saturated heterocycles. The first-order valence-electron chi connectivity index (χ1n) is 5.99. The molecule has 0 fully saturated rings. The molecule has 0 spiro atoms. The highest BCUT2D eigenvalue weighted by Crippen LogP contribution is 2.26. The summed E-state index contributed by atoms with van der Waals surface area (Å²) in [7, 11) is 0. The summed E-state index contributed by atoms with van der Waals surface area (Å²) in [6.07, 6.45) is 3.69. The average molecular weight is 254 g/mol. The number of nitrogens with two attached hydrogens (primary N) is 1. The Bertz CT molecular complexity index is 673. The number of hydrogen-bond acceptors (Lipinski definition) is 3. The maximum atomic E-state index is 5.86. The minimum atomic E-state index is 0.650. The fourth-order valence-electron chi connectivity index (χ4n) is 2.16. The Balaban J connectivity index is 1.83. The van der Waals surface area contributed by atoms with Crippen LogP contribution in [0.25, 0.3) is 10.1 Å². The van der Waals surface area contributed by atoms with E-state index in [-0.39, 0.29) is 0 Å². The predicted molar refractivity (Wildman–Crippen MR) is 77.9 cm³/mol. The van der Waals surface area contributed by atoms with Crippen LogP contribution in [0.1, 0.15) is 11.1 Å². The Morgan fingerprint density at radius 2 is 1.83 bits per heavy atom. The Morgan fingerprint density at radius 3 is 2.72 bits per heavy atom. The third kappa shape index (κ3) is 2.09. The second-order valence-electron chi connectivity index (χ2n) is 4.30. The van der Waals surface area contributed by atoms with E-state index >= 15 is 0 Å². The lowest BCUT2D eigenvalue weighted by molar-refractivity contribution is 0.966. The van der Waals surface area contributed by atoms with Crippen molar-refractivity contribution in [1.82, 2.24) is 4.98 Å². The molecule has 0 aliphatic rings. The summed E-state index contributed by atoms with van der Waals surface area (Å²) in [6.45, 7) is 0. The van der Waals surface area contributed by atoms with Crippen LogP contribution in [-0.2, 0) is 12.8 Å². The van der Waals surface area contributed by atoms with Crippen LogP contribution in [0.5, 0.6) is 0 Å². The van der Waals surface area contributed by atoms with Crippen molar-refractivity contribution < 1.29 is 0 Å². The second-order valence-corrected chi connectivity index (χ2v) is 5.22. The van der Waals surface area contributed by atoms with Gasteiger partial charge >= 0.3 is 0 Å². The number of benzene rings is 1. The summed E-state index contributed by atoms with van der Waals surface area (Å²) in [5, 5.41) is 3.61. The van der Waals surface area contributed by atoms with Crippen LogP contribution in [0.3, 0.4) is 0 Å². The minimum Gasteiger partial charge on any atom is -0.383 e. The lowest BCUT2D eigenvalue weighted by atomic mass is 10.0. The Kier molecular flexibility index (Phi) is 2.99. The number of pyridine rings is 1. The van der Waals surface area contributed by atoms with Gasteiger partial charge in [0, 0.05) is 10.9 Å². The first kappa shape index (κ1) is 11.2. The zero-order chi connectivity index (χ0) is 12.4. The fraction of sp³-hybridized carbons (Fsp3) is 0.133. The third-order valence-electron chi connectivity index (χ3n) is 3.15. The van der Waals surface area contributed by atoms with E-state index in [2.05, 4.69) is 40.7 Å². The largest absolute Gasteiger partial charge is 0.383 e. The van der Waals surface area contributed by atoms with Crippen molar-refractivity contribution >= 4 is 27.2 Å². The van der Waals surface area contributed by atoms with E-state index in [1.807, 2.05) is 6.07 Å². The van der Waals surface area contributed by atoms with Crippen molar-refractivity contribution in [2.75, 3.05) is 5.73 Å². The Labute approximate surface area is 110 Å². The number of fused-ring (bicyclic) bond motifs is 1. The van der Waals surface area contributed by atoms with E-state index in [1.54, 1.807) is 17.5 Å². The molecule has 90 valence electrons. The summed E-state index contributed by atoms with van der Waals surface area (Å²) in [4.78, 5) is 4.12. The third-order valence-corrected chi connectivity index (χ3v) is 4.16. The molecule has 0 saturated carbocycles. The van der Waals surface area contributed by atoms with Crippen LogP contribution in [-0.4, -0.2) is 4.98 Å². The predicted octanol–water partition coefficient (Wildman–Crippen LogP) is 3.66. The van der Waals surface area contributed by atoms with Crippen LogP contribution in [0.4, 0.5) is 5.82 Å². The van der Waals surface area contributed by atoms with Crippen molar-refractivity contribution in [3.05, 3.63) is 59.1 Å². The topological polar surface area (TPSA) is 38.9 Å². The van der Waals surface area contributed by atoms with Gasteiger partial charge in [0.1, 0.15) is 5.82 Å². The minimum absolute atomic E-state index is 0.650. The highest BCUT2D eigenvalue weighted by molar-refractivity contribution is 7.17. The maximum absolute atomic E-state index is 5.86. The molecule has 0 atom stereocenters. The highest BCUT2D eigenvalue weighted by atomic mass is 32.1. The first-order chi connectivity index (χ1) is 8.84. The number of nitrogens with zero attached hydrogens (tertiary/aromatic N) is 1. The van der Waals surface area contributed by atoms with Gasteiger partial charge in [-0.1, -0.05) is 24.3 Å². The molecule has 0 radical (unpaired) electrons. The van der Waals surface area contributed by atoms with E-state index < -0.39 is 0 Å². The smallest absolute Gasteiger partial charge is 0.126 e. The molecule has 3 rings (SSSR count). The Hall–Kier alpha value is -1.87. The van der Waals surface area contributed by atoms with Gasteiger partial charge in [0.05, 0.1) is 0 Å². The van der Waals surface area contributed by atoms with Gasteiger partial charge in [0.25, 0.3) is 0 Å². The van der Waals surface area contributed by atoms with Crippen molar-refractivity contribution in [3.8, 4) is 0 Å². The van der Waals surface area contributed by atoms with E-state index in [4.69, 9.17) is 5.73 Å². The van der Waals surface area contributed by atoms with Gasteiger partial charge in [-0.2, -0.15) is 0 Å². The summed E-state index contributed by atoms with van der Waals surface area (Å²) in [5.41, 5.74) is 8.40. The van der Waals surface area contributed by atoms with E-state index in [1.165, 1.54) is 15.6 Å². The summed E-state index contributed by atoms with van der Waals surface area (Å²) in [6, 6.07) is 12.5. The standard InChI is InChI=1S/C15H14N2S/c16-15-11(4-3-9-17-15)7-8-12-10-18-14-6-2-1-5-13(12)14/h1-6,9-10H,7-8H2,(H2,16,17). The molecular formula is C15H14N2S. The lowest BCUT2D eigenvalue weighted by Gasteiger charge is -2.03. The van der Waals surface area contributed by atoms with Gasteiger partial charge in [-0.25, -0.2) is 4.98 Å². The van der Waals surface area contributed by atoms with Gasteiger partial charge in [-0.3, -0.25) is 0 Å². The van der Waals surface area contributed by atoms with E-state index in [0.717, 1.165) is 18.4 Å². The van der Waals surface area contributed by atoms with Crippen LogP contribution < -0.4 is 5.73 Å². The molecule has 2 aromatic heterocycles. The molecule has 0 unspecified atom stereocenters. The van der Waals surface area contributed by atoms with Gasteiger partial charge < -0.3 is 5.73 Å². The summed E-state index contributed by atoms with van der Waals surface area (Å²) < 4.78 is 1.35. The molecule has 0 bridgehead atoms. The quantitative estimate of drug-likeness (QED) is 0.774. The molecule has 0 amide bonds. The summed E-state index contributed by atoms with van der Waals surface area (Å²) in [5.74, 6) is 0.650. The number of aryl methyl sites for hydroxylation is 2. The van der Waals surface area contributed by atoms with E-state index in [9.17, 15) is 0 Å². The second kappa shape index (κ2) is 4.78. The van der Waals surface area contributed by atoms with Crippen LogP contribution >= 0.6 is 11.3 Å². The molecule has 18 heavy (non-hydrogen) atoms. The zero-order valence-corrected chi connectivity index (χ0v) is 10.8. The molecule has 3 aromatic rings. The lowest BCUT2D eigenvalue weighted by Crippen LogP contribution is -1.98.